The first kappa shape index (κ1) is 9.50. The monoisotopic (exact) mass is 187 g/mol. The van der Waals surface area contributed by atoms with Gasteiger partial charge in [-0.25, -0.2) is 14.5 Å². The Hall–Kier alpha value is -1.59. The summed E-state index contributed by atoms with van der Waals surface area (Å²) < 4.78 is 8.93. The summed E-state index contributed by atoms with van der Waals surface area (Å²) in [5.74, 6) is -1.18. The van der Waals surface area contributed by atoms with Gasteiger partial charge in [-0.3, -0.25) is 4.79 Å². The Labute approximate surface area is 74.4 Å². The first-order chi connectivity index (χ1) is 6.07. The minimum absolute atomic E-state index is 0.134. The molecule has 0 spiro atoms. The normalized spacial score (nSPS) is 21.2. The summed E-state index contributed by atoms with van der Waals surface area (Å²) in [6.07, 6.45) is -0.803. The molecule has 1 unspecified atom stereocenters. The number of nitrogens with zero attached hydrogens (tertiary/aromatic N) is 1. The van der Waals surface area contributed by atoms with Crippen molar-refractivity contribution >= 4 is 18.0 Å². The fraction of sp³-hybridized carbons (Fsp3) is 0.571. The summed E-state index contributed by atoms with van der Waals surface area (Å²) in [6.45, 7) is 1.05. The Morgan fingerprint density at radius 2 is 2.23 bits per heavy atom. The highest BCUT2D eigenvalue weighted by Crippen LogP contribution is 2.13. The van der Waals surface area contributed by atoms with Crippen LogP contribution in [0.5, 0.6) is 0 Å². The molecule has 13 heavy (non-hydrogen) atoms. The molecule has 72 valence electrons. The van der Waals surface area contributed by atoms with Gasteiger partial charge in [-0.15, -0.1) is 0 Å². The third-order valence-electron chi connectivity index (χ3n) is 1.69. The largest absolute Gasteiger partial charge is 0.467 e. The number of methoxy groups -OCH3 is 1. The van der Waals surface area contributed by atoms with Crippen LogP contribution in [-0.4, -0.2) is 42.6 Å². The second kappa shape index (κ2) is 3.42. The van der Waals surface area contributed by atoms with Gasteiger partial charge in [-0.1, -0.05) is 0 Å². The Kier molecular flexibility index (Phi) is 2.50. The molecule has 0 aromatic carbocycles. The average molecular weight is 187 g/mol. The molecule has 1 fully saturated rings. The summed E-state index contributed by atoms with van der Waals surface area (Å²) in [6, 6.07) is -0.935. The molecule has 0 saturated carbocycles. The van der Waals surface area contributed by atoms with Gasteiger partial charge in [-0.2, -0.15) is 0 Å². The zero-order valence-corrected chi connectivity index (χ0v) is 7.27. The van der Waals surface area contributed by atoms with Crippen molar-refractivity contribution in [3.63, 3.8) is 0 Å². The van der Waals surface area contributed by atoms with Crippen molar-refractivity contribution in [3.05, 3.63) is 0 Å². The van der Waals surface area contributed by atoms with Crippen LogP contribution in [-0.2, 0) is 19.1 Å². The number of ether oxygens (including phenoxy) is 2. The van der Waals surface area contributed by atoms with Crippen LogP contribution >= 0.6 is 0 Å². The number of hydrogen-bond acceptors (Lipinski definition) is 5. The maximum Gasteiger partial charge on any atom is 0.417 e. The highest BCUT2D eigenvalue weighted by atomic mass is 16.6. The van der Waals surface area contributed by atoms with Crippen molar-refractivity contribution < 1.29 is 23.9 Å². The Balaban J connectivity index is 2.81. The molecule has 0 bridgehead atoms. The maximum atomic E-state index is 11.0. The van der Waals surface area contributed by atoms with E-state index in [2.05, 4.69) is 9.47 Å². The predicted molar refractivity (Wildman–Crippen MR) is 39.7 cm³/mol. The van der Waals surface area contributed by atoms with E-state index >= 15 is 0 Å². The van der Waals surface area contributed by atoms with E-state index in [0.29, 0.717) is 0 Å². The van der Waals surface area contributed by atoms with Crippen LogP contribution < -0.4 is 0 Å². The summed E-state index contributed by atoms with van der Waals surface area (Å²) in [4.78, 5) is 33.6. The van der Waals surface area contributed by atoms with Gasteiger partial charge in [-0.05, 0) is 0 Å². The Bertz CT molecular complexity index is 262. The van der Waals surface area contributed by atoms with Gasteiger partial charge in [0.1, 0.15) is 6.61 Å². The van der Waals surface area contributed by atoms with Crippen molar-refractivity contribution in [1.29, 1.82) is 0 Å². The maximum absolute atomic E-state index is 11.0. The number of carbonyl (C=O) groups excluding carboxylic acids is 3. The third-order valence-corrected chi connectivity index (χ3v) is 1.69. The van der Waals surface area contributed by atoms with Crippen LogP contribution in [0.3, 0.4) is 0 Å². The molecule has 2 amide bonds. The van der Waals surface area contributed by atoms with Crippen LogP contribution in [0.25, 0.3) is 0 Å². The van der Waals surface area contributed by atoms with Gasteiger partial charge in [0.25, 0.3) is 0 Å². The molecule has 0 aromatic rings. The number of esters is 1. The van der Waals surface area contributed by atoms with E-state index in [-0.39, 0.29) is 6.61 Å². The van der Waals surface area contributed by atoms with Crippen LogP contribution in [0, 0.1) is 0 Å². The van der Waals surface area contributed by atoms with Gasteiger partial charge in [0.05, 0.1) is 7.11 Å². The van der Waals surface area contributed by atoms with E-state index in [1.807, 2.05) is 0 Å². The quantitative estimate of drug-likeness (QED) is 0.519. The highest BCUT2D eigenvalue weighted by Gasteiger charge is 2.41. The van der Waals surface area contributed by atoms with Gasteiger partial charge in [0, 0.05) is 6.92 Å². The molecule has 1 aliphatic heterocycles. The minimum atomic E-state index is -0.935. The first-order valence-corrected chi connectivity index (χ1v) is 3.62. The fourth-order valence-corrected chi connectivity index (χ4v) is 1.08. The standard InChI is InChI=1S/C7H9NO5/c1-4(9)8-5(6(10)12-2)3-13-7(8)11/h5H,3H2,1-2H3. The molecule has 1 heterocycles. The highest BCUT2D eigenvalue weighted by molar-refractivity contribution is 5.97. The molecule has 1 atom stereocenters. The molecule has 0 radical (unpaired) electrons. The first-order valence-electron chi connectivity index (χ1n) is 3.62. The SMILES string of the molecule is COC(=O)C1COC(=O)N1C(C)=O. The second-order valence-electron chi connectivity index (χ2n) is 2.50. The van der Waals surface area contributed by atoms with E-state index in [1.54, 1.807) is 0 Å². The van der Waals surface area contributed by atoms with Gasteiger partial charge in [0.2, 0.25) is 5.91 Å². The van der Waals surface area contributed by atoms with E-state index in [1.165, 1.54) is 14.0 Å². The number of rotatable bonds is 1. The number of amides is 2. The smallest absolute Gasteiger partial charge is 0.417 e. The summed E-state index contributed by atoms with van der Waals surface area (Å²) in [5.41, 5.74) is 0. The molecule has 6 nitrogen and oxygen atoms in total. The molecular formula is C7H9NO5. The molecule has 1 aliphatic rings. The van der Waals surface area contributed by atoms with Crippen molar-refractivity contribution in [3.8, 4) is 0 Å². The van der Waals surface area contributed by atoms with E-state index in [4.69, 9.17) is 0 Å². The van der Waals surface area contributed by atoms with Crippen molar-refractivity contribution in [2.24, 2.45) is 0 Å². The molecule has 1 rings (SSSR count). The molecule has 0 aromatic heterocycles. The van der Waals surface area contributed by atoms with Gasteiger partial charge < -0.3 is 9.47 Å². The van der Waals surface area contributed by atoms with E-state index in [0.717, 1.165) is 4.90 Å². The van der Waals surface area contributed by atoms with Gasteiger partial charge >= 0.3 is 12.1 Å². The molecule has 1 saturated heterocycles. The topological polar surface area (TPSA) is 72.9 Å². The molecule has 6 heteroatoms. The Morgan fingerprint density at radius 1 is 1.62 bits per heavy atom. The summed E-state index contributed by atoms with van der Waals surface area (Å²) in [5, 5.41) is 0. The molecular weight excluding hydrogens is 178 g/mol. The third kappa shape index (κ3) is 1.61. The van der Waals surface area contributed by atoms with Crippen LogP contribution in [0.2, 0.25) is 0 Å². The summed E-state index contributed by atoms with van der Waals surface area (Å²) in [7, 11) is 1.18. The summed E-state index contributed by atoms with van der Waals surface area (Å²) >= 11 is 0. The zero-order chi connectivity index (χ0) is 10.0. The fourth-order valence-electron chi connectivity index (χ4n) is 1.08. The van der Waals surface area contributed by atoms with Crippen molar-refractivity contribution in [2.75, 3.05) is 13.7 Å². The molecule has 0 aliphatic carbocycles. The Morgan fingerprint density at radius 3 is 2.69 bits per heavy atom. The van der Waals surface area contributed by atoms with Crippen LogP contribution in [0.15, 0.2) is 0 Å². The van der Waals surface area contributed by atoms with Crippen LogP contribution in [0.1, 0.15) is 6.92 Å². The number of imide groups is 1. The lowest BCUT2D eigenvalue weighted by molar-refractivity contribution is -0.148. The average Bonchev–Trinajstić information content (AvgIpc) is 2.45. The number of hydrogen-bond donors (Lipinski definition) is 0. The van der Waals surface area contributed by atoms with E-state index < -0.39 is 24.0 Å². The van der Waals surface area contributed by atoms with E-state index in [9.17, 15) is 14.4 Å². The second-order valence-corrected chi connectivity index (χ2v) is 2.50. The number of carbonyl (C=O) groups is 3. The molecule has 0 N–H and O–H groups in total. The van der Waals surface area contributed by atoms with Crippen molar-refractivity contribution in [2.45, 2.75) is 13.0 Å². The predicted octanol–water partition coefficient (Wildman–Crippen LogP) is -0.473. The van der Waals surface area contributed by atoms with Crippen molar-refractivity contribution in [1.82, 2.24) is 4.90 Å². The zero-order valence-electron chi connectivity index (χ0n) is 7.27. The lowest BCUT2D eigenvalue weighted by Crippen LogP contribution is -2.42. The minimum Gasteiger partial charge on any atom is -0.467 e. The van der Waals surface area contributed by atoms with Gasteiger partial charge in [0.15, 0.2) is 6.04 Å². The lowest BCUT2D eigenvalue weighted by atomic mass is 10.3. The van der Waals surface area contributed by atoms with Crippen LogP contribution in [0.4, 0.5) is 4.79 Å². The number of cyclic esters (lactones) is 1. The lowest BCUT2D eigenvalue weighted by Gasteiger charge is -2.14.